The van der Waals surface area contributed by atoms with Gasteiger partial charge in [-0.2, -0.15) is 0 Å². The van der Waals surface area contributed by atoms with Gasteiger partial charge < -0.3 is 34.8 Å². The highest BCUT2D eigenvalue weighted by Crippen LogP contribution is 2.15. The fourth-order valence-corrected chi connectivity index (χ4v) is 2.00. The molecule has 1 amide bonds. The number of amides is 1. The first kappa shape index (κ1) is 26.2. The predicted molar refractivity (Wildman–Crippen MR) is 104 cm³/mol. The Morgan fingerprint density at radius 2 is 1.79 bits per heavy atom. The maximum atomic E-state index is 12.4. The van der Waals surface area contributed by atoms with Gasteiger partial charge in [0.1, 0.15) is 5.60 Å². The fraction of sp³-hybridized carbons (Fsp3) is 0.667. The zero-order valence-electron chi connectivity index (χ0n) is 17.8. The summed E-state index contributed by atoms with van der Waals surface area (Å²) < 4.78 is 14.3. The zero-order chi connectivity index (χ0) is 22.6. The van der Waals surface area contributed by atoms with Crippen LogP contribution in [0, 0.1) is 0 Å². The van der Waals surface area contributed by atoms with Crippen molar-refractivity contribution >= 4 is 23.9 Å². The third-order valence-corrected chi connectivity index (χ3v) is 3.46. The van der Waals surface area contributed by atoms with E-state index in [-0.39, 0.29) is 12.4 Å². The standard InChI is InChI=1S/C18H31N3O8/c1-18(2,3)28-17(25)21(4)12(9-7-8-10-22)15(19)20-29-13(16(24)27-6)11-14(23)26-5/h11-12,22H,7-10H2,1-6H3,(H2,19,20)/b13-11+. The van der Waals surface area contributed by atoms with Crippen LogP contribution in [0.4, 0.5) is 4.79 Å². The normalized spacial score (nSPS) is 13.3. The van der Waals surface area contributed by atoms with Crippen LogP contribution in [0.15, 0.2) is 17.0 Å². The lowest BCUT2D eigenvalue weighted by Crippen LogP contribution is -2.47. The van der Waals surface area contributed by atoms with E-state index in [1.165, 1.54) is 11.9 Å². The van der Waals surface area contributed by atoms with Gasteiger partial charge in [-0.3, -0.25) is 0 Å². The molecule has 0 aromatic carbocycles. The number of carbonyl (C=O) groups is 3. The number of oxime groups is 1. The maximum Gasteiger partial charge on any atom is 0.410 e. The molecule has 0 aliphatic carbocycles. The molecule has 0 rings (SSSR count). The van der Waals surface area contributed by atoms with Gasteiger partial charge in [-0.25, -0.2) is 14.4 Å². The van der Waals surface area contributed by atoms with E-state index < -0.39 is 35.4 Å². The maximum absolute atomic E-state index is 12.4. The van der Waals surface area contributed by atoms with Gasteiger partial charge in [0.2, 0.25) is 5.76 Å². The van der Waals surface area contributed by atoms with E-state index in [0.717, 1.165) is 20.3 Å². The van der Waals surface area contributed by atoms with Gasteiger partial charge in [0.15, 0.2) is 5.84 Å². The van der Waals surface area contributed by atoms with Gasteiger partial charge in [0.05, 0.1) is 26.3 Å². The highest BCUT2D eigenvalue weighted by molar-refractivity contribution is 5.95. The zero-order valence-corrected chi connectivity index (χ0v) is 17.8. The molecule has 1 unspecified atom stereocenters. The Bertz CT molecular complexity index is 625. The van der Waals surface area contributed by atoms with Gasteiger partial charge in [-0.05, 0) is 40.0 Å². The largest absolute Gasteiger partial charge is 0.466 e. The number of nitrogens with two attached hydrogens (primary N) is 1. The molecule has 0 spiro atoms. The average Bonchev–Trinajstić information content (AvgIpc) is 2.65. The molecule has 0 aromatic rings. The van der Waals surface area contributed by atoms with Crippen LogP contribution >= 0.6 is 0 Å². The first-order valence-electron chi connectivity index (χ1n) is 8.91. The van der Waals surface area contributed by atoms with Gasteiger partial charge in [-0.1, -0.05) is 5.16 Å². The molecule has 3 N–H and O–H groups in total. The molecule has 0 saturated heterocycles. The Kier molecular flexibility index (Phi) is 11.4. The second-order valence-electron chi connectivity index (χ2n) is 6.96. The molecule has 11 nitrogen and oxygen atoms in total. The third-order valence-electron chi connectivity index (χ3n) is 3.46. The van der Waals surface area contributed by atoms with Crippen LogP contribution in [0.2, 0.25) is 0 Å². The van der Waals surface area contributed by atoms with Crippen molar-refractivity contribution in [3.63, 3.8) is 0 Å². The lowest BCUT2D eigenvalue weighted by atomic mass is 10.1. The highest BCUT2D eigenvalue weighted by atomic mass is 16.7. The molecule has 0 saturated carbocycles. The van der Waals surface area contributed by atoms with E-state index in [1.807, 2.05) is 0 Å². The number of methoxy groups -OCH3 is 2. The van der Waals surface area contributed by atoms with Crippen molar-refractivity contribution in [3.8, 4) is 0 Å². The summed E-state index contributed by atoms with van der Waals surface area (Å²) in [5.74, 6) is -2.51. The molecule has 0 bridgehead atoms. The lowest BCUT2D eigenvalue weighted by molar-refractivity contribution is -0.142. The summed E-state index contributed by atoms with van der Waals surface area (Å²) in [4.78, 5) is 41.7. The molecule has 0 heterocycles. The van der Waals surface area contributed by atoms with Crippen LogP contribution in [-0.2, 0) is 28.6 Å². The van der Waals surface area contributed by atoms with Gasteiger partial charge in [0.25, 0.3) is 0 Å². The number of aliphatic hydroxyl groups excluding tert-OH is 1. The number of unbranched alkanes of at least 4 members (excludes halogenated alkanes) is 1. The predicted octanol–water partition coefficient (Wildman–Crippen LogP) is 0.903. The Hall–Kier alpha value is -2.82. The summed E-state index contributed by atoms with van der Waals surface area (Å²) in [7, 11) is 3.70. The number of aliphatic hydroxyl groups is 1. The second kappa shape index (κ2) is 12.6. The highest BCUT2D eigenvalue weighted by Gasteiger charge is 2.28. The number of likely N-dealkylation sites (N-methyl/N-ethyl adjacent to an activating group) is 1. The summed E-state index contributed by atoms with van der Waals surface area (Å²) in [5, 5.41) is 12.7. The van der Waals surface area contributed by atoms with E-state index in [0.29, 0.717) is 19.3 Å². The molecule has 166 valence electrons. The second-order valence-corrected chi connectivity index (χ2v) is 6.96. The van der Waals surface area contributed by atoms with E-state index in [9.17, 15) is 14.4 Å². The summed E-state index contributed by atoms with van der Waals surface area (Å²) >= 11 is 0. The van der Waals surface area contributed by atoms with Crippen molar-refractivity contribution in [2.75, 3.05) is 27.9 Å². The monoisotopic (exact) mass is 417 g/mol. The lowest BCUT2D eigenvalue weighted by Gasteiger charge is -2.30. The van der Waals surface area contributed by atoms with Crippen LogP contribution in [0.25, 0.3) is 0 Å². The van der Waals surface area contributed by atoms with Gasteiger partial charge in [-0.15, -0.1) is 0 Å². The molecule has 0 aromatic heterocycles. The summed E-state index contributed by atoms with van der Waals surface area (Å²) in [6.07, 6.45) is 1.49. The Balaban J connectivity index is 5.56. The van der Waals surface area contributed by atoms with Crippen LogP contribution < -0.4 is 5.73 Å². The minimum absolute atomic E-state index is 0.0230. The molecule has 0 aliphatic heterocycles. The number of carbonyl (C=O) groups excluding carboxylic acids is 3. The van der Waals surface area contributed by atoms with Crippen molar-refractivity contribution < 1.29 is 38.5 Å². The number of hydrogen-bond donors (Lipinski definition) is 2. The van der Waals surface area contributed by atoms with Crippen molar-refractivity contribution in [2.45, 2.75) is 51.7 Å². The molecule has 11 heteroatoms. The quantitative estimate of drug-likeness (QED) is 0.0772. The molecule has 1 atom stereocenters. The van der Waals surface area contributed by atoms with Crippen molar-refractivity contribution in [1.29, 1.82) is 0 Å². The fourth-order valence-electron chi connectivity index (χ4n) is 2.00. The molecule has 29 heavy (non-hydrogen) atoms. The number of hydrogen-bond acceptors (Lipinski definition) is 9. The van der Waals surface area contributed by atoms with E-state index in [1.54, 1.807) is 20.8 Å². The molecule has 0 fully saturated rings. The van der Waals surface area contributed by atoms with Crippen LogP contribution in [0.5, 0.6) is 0 Å². The number of nitrogens with zero attached hydrogens (tertiary/aromatic N) is 2. The van der Waals surface area contributed by atoms with E-state index in [4.69, 9.17) is 20.4 Å². The Morgan fingerprint density at radius 3 is 2.28 bits per heavy atom. The van der Waals surface area contributed by atoms with Gasteiger partial charge in [0, 0.05) is 13.7 Å². The molecular weight excluding hydrogens is 386 g/mol. The number of rotatable bonds is 10. The van der Waals surface area contributed by atoms with Crippen LogP contribution in [-0.4, -0.2) is 73.4 Å². The Morgan fingerprint density at radius 1 is 1.17 bits per heavy atom. The topological polar surface area (TPSA) is 150 Å². The van der Waals surface area contributed by atoms with Gasteiger partial charge >= 0.3 is 18.0 Å². The van der Waals surface area contributed by atoms with Crippen molar-refractivity contribution in [3.05, 3.63) is 11.8 Å². The van der Waals surface area contributed by atoms with E-state index in [2.05, 4.69) is 14.6 Å². The van der Waals surface area contributed by atoms with Crippen LogP contribution in [0.1, 0.15) is 40.0 Å². The molecule has 0 radical (unpaired) electrons. The minimum atomic E-state index is -0.968. The number of esters is 2. The summed E-state index contributed by atoms with van der Waals surface area (Å²) in [5.41, 5.74) is 5.26. The van der Waals surface area contributed by atoms with Crippen molar-refractivity contribution in [2.24, 2.45) is 10.9 Å². The third kappa shape index (κ3) is 10.3. The Labute approximate surface area is 170 Å². The smallest absolute Gasteiger partial charge is 0.410 e. The minimum Gasteiger partial charge on any atom is -0.466 e. The van der Waals surface area contributed by atoms with Crippen molar-refractivity contribution in [1.82, 2.24) is 4.90 Å². The first-order valence-corrected chi connectivity index (χ1v) is 8.91. The summed E-state index contributed by atoms with van der Waals surface area (Å²) in [6, 6.07) is -0.742. The summed E-state index contributed by atoms with van der Waals surface area (Å²) in [6.45, 7) is 5.14. The molecule has 0 aliphatic rings. The molecular formula is C18H31N3O8. The average molecular weight is 417 g/mol. The number of ether oxygens (including phenoxy) is 3. The number of amidine groups is 1. The first-order chi connectivity index (χ1) is 13.5. The SMILES string of the molecule is COC(=O)/C=C(/O/N=C(\N)C(CCCCO)N(C)C(=O)OC(C)(C)C)C(=O)OC. The van der Waals surface area contributed by atoms with E-state index >= 15 is 0 Å². The van der Waals surface area contributed by atoms with Crippen LogP contribution in [0.3, 0.4) is 0 Å².